The zero-order chi connectivity index (χ0) is 22.0. The third-order valence-corrected chi connectivity index (χ3v) is 5.74. The summed E-state index contributed by atoms with van der Waals surface area (Å²) in [5, 5.41) is 2.39. The van der Waals surface area contributed by atoms with Crippen molar-refractivity contribution in [2.75, 3.05) is 4.90 Å². The number of esters is 1. The first kappa shape index (κ1) is 21.7. The number of thiazole rings is 1. The highest BCUT2D eigenvalue weighted by Gasteiger charge is 2.22. The molecule has 0 spiro atoms. The quantitative estimate of drug-likeness (QED) is 0.493. The van der Waals surface area contributed by atoms with Crippen molar-refractivity contribution in [2.45, 2.75) is 48.1 Å². The molecule has 0 atom stereocenters. The Bertz CT molecular complexity index is 1090. The van der Waals surface area contributed by atoms with Gasteiger partial charge in [-0.3, -0.25) is 9.69 Å². The minimum absolute atomic E-state index is 0.0559. The third-order valence-electron chi connectivity index (χ3n) is 4.87. The number of hydrogen-bond acceptors (Lipinski definition) is 5. The number of anilines is 2. The van der Waals surface area contributed by atoms with Gasteiger partial charge in [0.25, 0.3) is 0 Å². The first-order chi connectivity index (χ1) is 14.2. The molecule has 5 nitrogen and oxygen atoms in total. The van der Waals surface area contributed by atoms with Crippen LogP contribution in [0.3, 0.4) is 0 Å². The van der Waals surface area contributed by atoms with Gasteiger partial charge in [-0.2, -0.15) is 0 Å². The molecule has 1 amide bonds. The monoisotopic (exact) mass is 422 g/mol. The Balaban J connectivity index is 1.81. The minimum atomic E-state index is -0.376. The van der Waals surface area contributed by atoms with Crippen molar-refractivity contribution in [3.63, 3.8) is 0 Å². The minimum Gasteiger partial charge on any atom is -0.456 e. The van der Waals surface area contributed by atoms with E-state index in [1.54, 1.807) is 4.90 Å². The van der Waals surface area contributed by atoms with Gasteiger partial charge < -0.3 is 4.74 Å². The van der Waals surface area contributed by atoms with Crippen LogP contribution in [0.25, 0.3) is 0 Å². The molecule has 3 rings (SSSR count). The van der Waals surface area contributed by atoms with Crippen molar-refractivity contribution in [1.29, 1.82) is 0 Å². The van der Waals surface area contributed by atoms with Crippen molar-refractivity contribution in [3.8, 4) is 0 Å². The molecule has 0 fully saturated rings. The molecular weight excluding hydrogens is 396 g/mol. The van der Waals surface area contributed by atoms with Gasteiger partial charge in [-0.1, -0.05) is 35.4 Å². The van der Waals surface area contributed by atoms with Gasteiger partial charge in [-0.05, 0) is 57.4 Å². The number of ether oxygens (including phenoxy) is 1. The number of nitrogens with zero attached hydrogens (tertiary/aromatic N) is 2. The lowest BCUT2D eigenvalue weighted by atomic mass is 10.0. The Labute approximate surface area is 181 Å². The van der Waals surface area contributed by atoms with Gasteiger partial charge in [0.1, 0.15) is 6.61 Å². The van der Waals surface area contributed by atoms with Crippen molar-refractivity contribution in [2.24, 2.45) is 0 Å². The molecule has 0 saturated heterocycles. The molecule has 1 heterocycles. The van der Waals surface area contributed by atoms with E-state index in [2.05, 4.69) is 17.1 Å². The fourth-order valence-corrected chi connectivity index (χ4v) is 4.41. The van der Waals surface area contributed by atoms with Gasteiger partial charge in [0.05, 0.1) is 16.9 Å². The molecule has 0 N–H and O–H groups in total. The molecule has 0 aliphatic heterocycles. The average molecular weight is 423 g/mol. The van der Waals surface area contributed by atoms with E-state index in [0.717, 1.165) is 33.5 Å². The summed E-state index contributed by atoms with van der Waals surface area (Å²) >= 11 is 1.36. The van der Waals surface area contributed by atoms with Crippen molar-refractivity contribution < 1.29 is 14.3 Å². The van der Waals surface area contributed by atoms with Crippen LogP contribution >= 0.6 is 11.3 Å². The Morgan fingerprint density at radius 2 is 1.63 bits per heavy atom. The lowest BCUT2D eigenvalue weighted by Gasteiger charge is -2.23. The number of benzene rings is 2. The van der Waals surface area contributed by atoms with E-state index in [-0.39, 0.29) is 18.5 Å². The second kappa shape index (κ2) is 8.79. The normalized spacial score (nSPS) is 10.7. The zero-order valence-corrected chi connectivity index (χ0v) is 19.0. The Hall–Kier alpha value is -2.99. The van der Waals surface area contributed by atoms with Crippen molar-refractivity contribution in [3.05, 3.63) is 74.8 Å². The Morgan fingerprint density at radius 3 is 2.27 bits per heavy atom. The van der Waals surface area contributed by atoms with E-state index in [4.69, 9.17) is 4.74 Å². The van der Waals surface area contributed by atoms with Gasteiger partial charge in [-0.25, -0.2) is 9.78 Å². The summed E-state index contributed by atoms with van der Waals surface area (Å²) in [6.45, 7) is 11.4. The highest BCUT2D eigenvalue weighted by Crippen LogP contribution is 2.34. The maximum Gasteiger partial charge on any atom is 0.338 e. The maximum absolute atomic E-state index is 12.5. The van der Waals surface area contributed by atoms with Crippen LogP contribution in [0.4, 0.5) is 10.8 Å². The maximum atomic E-state index is 12.5. The van der Waals surface area contributed by atoms with Crippen LogP contribution in [0.5, 0.6) is 0 Å². The molecular formula is C24H26N2O3S. The molecule has 156 valence electrons. The highest BCUT2D eigenvalue weighted by atomic mass is 32.1. The number of aryl methyl sites for hydroxylation is 5. The number of carbonyl (C=O) groups is 2. The number of carbonyl (C=O) groups excluding carboxylic acids is 2. The van der Waals surface area contributed by atoms with Crippen LogP contribution in [-0.2, 0) is 16.1 Å². The lowest BCUT2D eigenvalue weighted by molar-refractivity contribution is -0.115. The second-order valence-corrected chi connectivity index (χ2v) is 8.45. The largest absolute Gasteiger partial charge is 0.456 e. The summed E-state index contributed by atoms with van der Waals surface area (Å²) in [6.07, 6.45) is 0. The predicted molar refractivity (Wildman–Crippen MR) is 121 cm³/mol. The molecule has 2 aromatic carbocycles. The lowest BCUT2D eigenvalue weighted by Crippen LogP contribution is -2.24. The predicted octanol–water partition coefficient (Wildman–Crippen LogP) is 5.73. The van der Waals surface area contributed by atoms with Gasteiger partial charge >= 0.3 is 5.97 Å². The van der Waals surface area contributed by atoms with E-state index >= 15 is 0 Å². The number of amides is 1. The molecule has 0 saturated carbocycles. The van der Waals surface area contributed by atoms with Crippen molar-refractivity contribution in [1.82, 2.24) is 4.98 Å². The number of aromatic nitrogens is 1. The molecule has 0 unspecified atom stereocenters. The van der Waals surface area contributed by atoms with Crippen LogP contribution in [0, 0.1) is 34.6 Å². The number of rotatable bonds is 5. The molecule has 0 aliphatic carbocycles. The van der Waals surface area contributed by atoms with Gasteiger partial charge in [0, 0.05) is 12.3 Å². The fourth-order valence-electron chi connectivity index (χ4n) is 3.55. The Kier molecular flexibility index (Phi) is 6.37. The number of hydrogen-bond donors (Lipinski definition) is 0. The smallest absolute Gasteiger partial charge is 0.338 e. The first-order valence-corrected chi connectivity index (χ1v) is 10.6. The second-order valence-electron chi connectivity index (χ2n) is 7.62. The summed E-state index contributed by atoms with van der Waals surface area (Å²) < 4.78 is 5.47. The standard InChI is InChI=1S/C24H26N2O3S/c1-14-7-8-16(3)21(11-14)23(28)29-12-20-13-30-24(25-20)26(19(6)27)22-17(4)9-15(2)10-18(22)5/h7-11,13H,12H2,1-6H3. The zero-order valence-electron chi connectivity index (χ0n) is 18.2. The van der Waals surface area contributed by atoms with Crippen LogP contribution in [0.15, 0.2) is 35.7 Å². The molecule has 30 heavy (non-hydrogen) atoms. The summed E-state index contributed by atoms with van der Waals surface area (Å²) in [7, 11) is 0. The van der Waals surface area contributed by atoms with Gasteiger partial charge in [0.15, 0.2) is 5.13 Å². The highest BCUT2D eigenvalue weighted by molar-refractivity contribution is 7.14. The van der Waals surface area contributed by atoms with Crippen LogP contribution < -0.4 is 4.90 Å². The fraction of sp³-hybridized carbons (Fsp3) is 0.292. The first-order valence-electron chi connectivity index (χ1n) is 9.74. The van der Waals surface area contributed by atoms with Gasteiger partial charge in [-0.15, -0.1) is 11.3 Å². The topological polar surface area (TPSA) is 59.5 Å². The summed E-state index contributed by atoms with van der Waals surface area (Å²) in [5.41, 5.74) is 7.07. The van der Waals surface area contributed by atoms with Crippen molar-refractivity contribution >= 4 is 34.0 Å². The molecule has 0 radical (unpaired) electrons. The molecule has 1 aromatic heterocycles. The van der Waals surface area contributed by atoms with E-state index < -0.39 is 0 Å². The molecule has 0 aliphatic rings. The Morgan fingerprint density at radius 1 is 0.967 bits per heavy atom. The van der Waals surface area contributed by atoms with E-state index in [9.17, 15) is 9.59 Å². The third kappa shape index (κ3) is 4.60. The van der Waals surface area contributed by atoms with E-state index in [1.165, 1.54) is 18.3 Å². The van der Waals surface area contributed by atoms with E-state index in [1.807, 2.05) is 58.2 Å². The summed E-state index contributed by atoms with van der Waals surface area (Å²) in [6, 6.07) is 9.80. The van der Waals surface area contributed by atoms with E-state index in [0.29, 0.717) is 16.4 Å². The SMILES string of the molecule is CC(=O)N(c1nc(COC(=O)c2cc(C)ccc2C)cs1)c1c(C)cc(C)cc1C. The van der Waals surface area contributed by atoms with Crippen LogP contribution in [0.1, 0.15) is 50.8 Å². The van der Waals surface area contributed by atoms with Crippen LogP contribution in [0.2, 0.25) is 0 Å². The molecule has 0 bridgehead atoms. The average Bonchev–Trinajstić information content (AvgIpc) is 3.12. The van der Waals surface area contributed by atoms with Crippen LogP contribution in [-0.4, -0.2) is 16.9 Å². The summed E-state index contributed by atoms with van der Waals surface area (Å²) in [5.74, 6) is -0.488. The summed E-state index contributed by atoms with van der Waals surface area (Å²) in [4.78, 5) is 31.1. The van der Waals surface area contributed by atoms with Gasteiger partial charge in [0.2, 0.25) is 5.91 Å². The molecule has 6 heteroatoms. The molecule has 3 aromatic rings.